The number of amides is 2. The highest BCUT2D eigenvalue weighted by molar-refractivity contribution is 5.77. The predicted octanol–water partition coefficient (Wildman–Crippen LogP) is 4.36. The molecule has 1 aromatic carbocycles. The van der Waals surface area contributed by atoms with Gasteiger partial charge in [0.1, 0.15) is 5.60 Å². The second-order valence-electron chi connectivity index (χ2n) is 7.93. The second-order valence-corrected chi connectivity index (χ2v) is 7.93. The zero-order chi connectivity index (χ0) is 21.9. The average Bonchev–Trinajstić information content (AvgIpc) is 2.63. The standard InChI is InChI=1S/C22H36N2O5/c1-7-8-9-14-28-18-11-10-17(15-19(18)27-6)16(2)24-20(25)12-13-23-21(26)29-22(3,4)5/h10-11,15-16H,7-9,12-14H2,1-6H3,(H,23,26)(H,24,25). The Morgan fingerprint density at radius 3 is 2.48 bits per heavy atom. The third kappa shape index (κ3) is 10.1. The van der Waals surface area contributed by atoms with E-state index in [1.54, 1.807) is 27.9 Å². The zero-order valence-corrected chi connectivity index (χ0v) is 18.6. The Labute approximate surface area is 174 Å². The first-order valence-electron chi connectivity index (χ1n) is 10.2. The molecule has 1 atom stereocenters. The lowest BCUT2D eigenvalue weighted by molar-refractivity contribution is -0.121. The summed E-state index contributed by atoms with van der Waals surface area (Å²) in [4.78, 5) is 23.8. The first kappa shape index (κ1) is 24.6. The summed E-state index contributed by atoms with van der Waals surface area (Å²) in [5.41, 5.74) is 0.349. The maximum absolute atomic E-state index is 12.2. The Balaban J connectivity index is 2.50. The molecule has 164 valence electrons. The first-order valence-corrected chi connectivity index (χ1v) is 10.2. The van der Waals surface area contributed by atoms with Crippen LogP contribution in [0.5, 0.6) is 11.5 Å². The smallest absolute Gasteiger partial charge is 0.407 e. The summed E-state index contributed by atoms with van der Waals surface area (Å²) < 4.78 is 16.4. The van der Waals surface area contributed by atoms with Gasteiger partial charge in [0.15, 0.2) is 11.5 Å². The van der Waals surface area contributed by atoms with Crippen molar-refractivity contribution in [2.45, 2.75) is 71.9 Å². The summed E-state index contributed by atoms with van der Waals surface area (Å²) in [6.07, 6.45) is 2.92. The van der Waals surface area contributed by atoms with Crippen LogP contribution in [0.25, 0.3) is 0 Å². The summed E-state index contributed by atoms with van der Waals surface area (Å²) in [7, 11) is 1.60. The molecule has 7 nitrogen and oxygen atoms in total. The van der Waals surface area contributed by atoms with E-state index in [0.717, 1.165) is 24.8 Å². The lowest BCUT2D eigenvalue weighted by Crippen LogP contribution is -2.35. The summed E-state index contributed by atoms with van der Waals surface area (Å²) in [6.45, 7) is 10.3. The molecular weight excluding hydrogens is 372 g/mol. The minimum absolute atomic E-state index is 0.160. The number of unbranched alkanes of at least 4 members (excludes halogenated alkanes) is 2. The molecule has 0 radical (unpaired) electrons. The molecule has 1 aromatic rings. The molecule has 0 fully saturated rings. The molecule has 0 saturated carbocycles. The molecule has 0 aliphatic carbocycles. The first-order chi connectivity index (χ1) is 13.7. The van der Waals surface area contributed by atoms with E-state index in [-0.39, 0.29) is 24.9 Å². The highest BCUT2D eigenvalue weighted by Crippen LogP contribution is 2.30. The molecule has 1 unspecified atom stereocenters. The topological polar surface area (TPSA) is 85.9 Å². The van der Waals surface area contributed by atoms with Crippen LogP contribution in [0, 0.1) is 0 Å². The molecule has 29 heavy (non-hydrogen) atoms. The summed E-state index contributed by atoms with van der Waals surface area (Å²) >= 11 is 0. The van der Waals surface area contributed by atoms with Gasteiger partial charge in [-0.1, -0.05) is 25.8 Å². The molecule has 0 aromatic heterocycles. The van der Waals surface area contributed by atoms with Crippen LogP contribution in [-0.4, -0.2) is 37.9 Å². The van der Waals surface area contributed by atoms with Crippen molar-refractivity contribution in [1.29, 1.82) is 0 Å². The maximum Gasteiger partial charge on any atom is 0.407 e. The normalized spacial score (nSPS) is 12.1. The van der Waals surface area contributed by atoms with E-state index in [9.17, 15) is 9.59 Å². The quantitative estimate of drug-likeness (QED) is 0.532. The molecule has 0 heterocycles. The predicted molar refractivity (Wildman–Crippen MR) is 113 cm³/mol. The molecule has 0 aliphatic rings. The molecule has 0 bridgehead atoms. The van der Waals surface area contributed by atoms with Crippen molar-refractivity contribution in [2.75, 3.05) is 20.3 Å². The van der Waals surface area contributed by atoms with Crippen LogP contribution in [-0.2, 0) is 9.53 Å². The van der Waals surface area contributed by atoms with Gasteiger partial charge in [0.05, 0.1) is 19.8 Å². The Kier molecular flexibility index (Phi) is 10.3. The van der Waals surface area contributed by atoms with Crippen molar-refractivity contribution < 1.29 is 23.8 Å². The number of hydrogen-bond acceptors (Lipinski definition) is 5. The van der Waals surface area contributed by atoms with E-state index in [1.165, 1.54) is 0 Å². The van der Waals surface area contributed by atoms with E-state index in [0.29, 0.717) is 18.1 Å². The summed E-state index contributed by atoms with van der Waals surface area (Å²) in [6, 6.07) is 5.46. The Morgan fingerprint density at radius 1 is 1.14 bits per heavy atom. The van der Waals surface area contributed by atoms with Crippen molar-refractivity contribution in [3.8, 4) is 11.5 Å². The minimum atomic E-state index is -0.564. The third-order valence-corrected chi connectivity index (χ3v) is 4.09. The molecule has 1 rings (SSSR count). The van der Waals surface area contributed by atoms with Gasteiger partial charge < -0.3 is 24.8 Å². The Hall–Kier alpha value is -2.44. The van der Waals surface area contributed by atoms with Gasteiger partial charge in [-0.05, 0) is 51.8 Å². The minimum Gasteiger partial charge on any atom is -0.493 e. The number of nitrogens with one attached hydrogen (secondary N) is 2. The number of ether oxygens (including phenoxy) is 3. The SMILES string of the molecule is CCCCCOc1ccc(C(C)NC(=O)CCNC(=O)OC(C)(C)C)cc1OC. The van der Waals surface area contributed by atoms with E-state index in [2.05, 4.69) is 17.6 Å². The molecular formula is C22H36N2O5. The van der Waals surface area contributed by atoms with E-state index in [4.69, 9.17) is 14.2 Å². The average molecular weight is 409 g/mol. The van der Waals surface area contributed by atoms with Crippen LogP contribution in [0.15, 0.2) is 18.2 Å². The molecule has 0 spiro atoms. The number of carbonyl (C=O) groups is 2. The largest absolute Gasteiger partial charge is 0.493 e. The lowest BCUT2D eigenvalue weighted by atomic mass is 10.1. The summed E-state index contributed by atoms with van der Waals surface area (Å²) in [5.74, 6) is 1.19. The van der Waals surface area contributed by atoms with Crippen LogP contribution in [0.4, 0.5) is 4.79 Å². The fraction of sp³-hybridized carbons (Fsp3) is 0.636. The number of rotatable bonds is 11. The second kappa shape index (κ2) is 12.2. The molecule has 0 saturated heterocycles. The van der Waals surface area contributed by atoms with Crippen molar-refractivity contribution >= 4 is 12.0 Å². The van der Waals surface area contributed by atoms with Crippen LogP contribution in [0.2, 0.25) is 0 Å². The molecule has 7 heteroatoms. The Bertz CT molecular complexity index is 655. The van der Waals surface area contributed by atoms with E-state index < -0.39 is 11.7 Å². The third-order valence-electron chi connectivity index (χ3n) is 4.09. The van der Waals surface area contributed by atoms with Crippen molar-refractivity contribution in [3.05, 3.63) is 23.8 Å². The van der Waals surface area contributed by atoms with Gasteiger partial charge in [0.25, 0.3) is 0 Å². The van der Waals surface area contributed by atoms with Gasteiger partial charge in [-0.25, -0.2) is 4.79 Å². The van der Waals surface area contributed by atoms with Gasteiger partial charge >= 0.3 is 6.09 Å². The van der Waals surface area contributed by atoms with Crippen LogP contribution in [0.1, 0.15) is 71.9 Å². The van der Waals surface area contributed by atoms with E-state index >= 15 is 0 Å². The number of alkyl carbamates (subject to hydrolysis) is 1. The maximum atomic E-state index is 12.2. The van der Waals surface area contributed by atoms with Gasteiger partial charge in [-0.2, -0.15) is 0 Å². The summed E-state index contributed by atoms with van der Waals surface area (Å²) in [5, 5.41) is 5.50. The molecule has 2 amide bonds. The monoisotopic (exact) mass is 408 g/mol. The Morgan fingerprint density at radius 2 is 1.86 bits per heavy atom. The number of hydrogen-bond donors (Lipinski definition) is 2. The van der Waals surface area contributed by atoms with Gasteiger partial charge in [-0.15, -0.1) is 0 Å². The number of benzene rings is 1. The number of methoxy groups -OCH3 is 1. The highest BCUT2D eigenvalue weighted by atomic mass is 16.6. The highest BCUT2D eigenvalue weighted by Gasteiger charge is 2.17. The molecule has 2 N–H and O–H groups in total. The van der Waals surface area contributed by atoms with Crippen LogP contribution < -0.4 is 20.1 Å². The van der Waals surface area contributed by atoms with Crippen molar-refractivity contribution in [2.24, 2.45) is 0 Å². The van der Waals surface area contributed by atoms with Gasteiger partial charge in [-0.3, -0.25) is 4.79 Å². The lowest BCUT2D eigenvalue weighted by Gasteiger charge is -2.20. The van der Waals surface area contributed by atoms with E-state index in [1.807, 2.05) is 25.1 Å². The van der Waals surface area contributed by atoms with Gasteiger partial charge in [0.2, 0.25) is 5.91 Å². The van der Waals surface area contributed by atoms with Crippen LogP contribution >= 0.6 is 0 Å². The fourth-order valence-corrected chi connectivity index (χ4v) is 2.60. The van der Waals surface area contributed by atoms with Crippen molar-refractivity contribution in [1.82, 2.24) is 10.6 Å². The zero-order valence-electron chi connectivity index (χ0n) is 18.6. The number of carbonyl (C=O) groups excluding carboxylic acids is 2. The van der Waals surface area contributed by atoms with Crippen LogP contribution in [0.3, 0.4) is 0 Å². The van der Waals surface area contributed by atoms with Gasteiger partial charge in [0, 0.05) is 13.0 Å². The van der Waals surface area contributed by atoms with Crippen molar-refractivity contribution in [3.63, 3.8) is 0 Å². The fourth-order valence-electron chi connectivity index (χ4n) is 2.60. The molecule has 0 aliphatic heterocycles.